The van der Waals surface area contributed by atoms with Crippen LogP contribution < -0.4 is 0 Å². The molecule has 0 heterocycles. The number of carbonyl (C=O) groups excluding carboxylic acids is 2. The minimum atomic E-state index is -0.861. The highest BCUT2D eigenvalue weighted by atomic mass is 79.9. The first-order valence-corrected chi connectivity index (χ1v) is 6.61. The largest absolute Gasteiger partial charge is 0.462 e. The molecular weight excluding hydrogens is 340 g/mol. The van der Waals surface area contributed by atoms with Crippen molar-refractivity contribution < 1.29 is 14.3 Å². The van der Waals surface area contributed by atoms with E-state index in [2.05, 4.69) is 31.9 Å². The molecule has 0 aromatic carbocycles. The fourth-order valence-corrected chi connectivity index (χ4v) is 3.59. The minimum absolute atomic E-state index is 0.117. The van der Waals surface area contributed by atoms with Crippen molar-refractivity contribution in [1.82, 2.24) is 0 Å². The Bertz CT molecular complexity index is 356. The third-order valence-electron chi connectivity index (χ3n) is 2.28. The summed E-state index contributed by atoms with van der Waals surface area (Å²) in [6.45, 7) is 5.92. The van der Waals surface area contributed by atoms with E-state index < -0.39 is 9.20 Å². The van der Waals surface area contributed by atoms with Crippen molar-refractivity contribution in [3.63, 3.8) is 0 Å². The van der Waals surface area contributed by atoms with Crippen LogP contribution in [0.3, 0.4) is 0 Å². The van der Waals surface area contributed by atoms with Gasteiger partial charge in [0.1, 0.15) is 8.81 Å². The van der Waals surface area contributed by atoms with Crippen LogP contribution in [-0.4, -0.2) is 21.6 Å². The molecule has 0 N–H and O–H groups in total. The van der Waals surface area contributed by atoms with E-state index >= 15 is 0 Å². The molecule has 90 valence electrons. The number of ketones is 1. The SMILES string of the molecule is CCOC(=O)C1=CC(C)(C)CC(Br)(Br)C1=O. The van der Waals surface area contributed by atoms with Crippen molar-refractivity contribution >= 4 is 43.6 Å². The lowest BCUT2D eigenvalue weighted by molar-refractivity contribution is -0.140. The first-order valence-electron chi connectivity index (χ1n) is 5.02. The van der Waals surface area contributed by atoms with Crippen LogP contribution in [0.1, 0.15) is 27.2 Å². The summed E-state index contributed by atoms with van der Waals surface area (Å²) >= 11 is 6.62. The van der Waals surface area contributed by atoms with Gasteiger partial charge in [-0.1, -0.05) is 51.8 Å². The monoisotopic (exact) mass is 352 g/mol. The summed E-state index contributed by atoms with van der Waals surface area (Å²) in [5, 5.41) is 0. The summed E-state index contributed by atoms with van der Waals surface area (Å²) in [5.41, 5.74) is -0.116. The van der Waals surface area contributed by atoms with Gasteiger partial charge in [0.25, 0.3) is 0 Å². The van der Waals surface area contributed by atoms with Crippen LogP contribution in [0.5, 0.6) is 0 Å². The van der Waals surface area contributed by atoms with E-state index in [0.717, 1.165) is 0 Å². The maximum absolute atomic E-state index is 12.0. The van der Waals surface area contributed by atoms with Gasteiger partial charge in [-0.2, -0.15) is 0 Å². The van der Waals surface area contributed by atoms with Gasteiger partial charge in [0, 0.05) is 0 Å². The molecule has 0 saturated heterocycles. The predicted octanol–water partition coefficient (Wildman–Crippen LogP) is 2.96. The van der Waals surface area contributed by atoms with Gasteiger partial charge in [-0.25, -0.2) is 4.79 Å². The Kier molecular flexibility index (Phi) is 4.00. The van der Waals surface area contributed by atoms with E-state index in [1.807, 2.05) is 13.8 Å². The predicted molar refractivity (Wildman–Crippen MR) is 68.7 cm³/mol. The summed E-state index contributed by atoms with van der Waals surface area (Å²) in [7, 11) is 0. The lowest BCUT2D eigenvalue weighted by Crippen LogP contribution is -2.39. The first-order chi connectivity index (χ1) is 7.19. The van der Waals surface area contributed by atoms with E-state index in [1.165, 1.54) is 0 Å². The Morgan fingerprint density at radius 1 is 1.50 bits per heavy atom. The number of ether oxygens (including phenoxy) is 1. The Balaban J connectivity index is 3.11. The van der Waals surface area contributed by atoms with Crippen molar-refractivity contribution in [3.8, 4) is 0 Å². The standard InChI is InChI=1S/C11H14Br2O3/c1-4-16-9(15)7-5-10(2,3)6-11(12,13)8(7)14/h5H,4,6H2,1-3H3. The van der Waals surface area contributed by atoms with Crippen LogP contribution >= 0.6 is 31.9 Å². The van der Waals surface area contributed by atoms with Gasteiger partial charge in [0.15, 0.2) is 5.78 Å². The van der Waals surface area contributed by atoms with Gasteiger partial charge in [-0.05, 0) is 18.8 Å². The van der Waals surface area contributed by atoms with E-state index in [4.69, 9.17) is 4.74 Å². The van der Waals surface area contributed by atoms with E-state index in [-0.39, 0.29) is 23.4 Å². The number of esters is 1. The second-order valence-electron chi connectivity index (χ2n) is 4.48. The first kappa shape index (κ1) is 13.9. The fourth-order valence-electron chi connectivity index (χ4n) is 1.72. The summed E-state index contributed by atoms with van der Waals surface area (Å²) in [4.78, 5) is 23.6. The van der Waals surface area contributed by atoms with Crippen LogP contribution in [0.4, 0.5) is 0 Å². The molecule has 0 atom stereocenters. The Hall–Kier alpha value is -0.160. The van der Waals surface area contributed by atoms with Gasteiger partial charge in [0.2, 0.25) is 0 Å². The summed E-state index contributed by atoms with van der Waals surface area (Å²) in [5.74, 6) is -0.825. The number of Topliss-reactive ketones (excluding diaryl/α,β-unsaturated/α-hetero) is 1. The number of alkyl halides is 2. The summed E-state index contributed by atoms with van der Waals surface area (Å²) < 4.78 is 4.01. The molecule has 1 aliphatic rings. The van der Waals surface area contributed by atoms with Crippen molar-refractivity contribution in [2.45, 2.75) is 30.4 Å². The van der Waals surface area contributed by atoms with Gasteiger partial charge in [-0.3, -0.25) is 4.79 Å². The molecule has 0 aromatic heterocycles. The molecule has 0 spiro atoms. The summed E-state index contributed by atoms with van der Waals surface area (Å²) in [6, 6.07) is 0. The maximum Gasteiger partial charge on any atom is 0.341 e. The second-order valence-corrected chi connectivity index (χ2v) is 8.25. The average molecular weight is 354 g/mol. The maximum atomic E-state index is 12.0. The molecule has 0 amide bonds. The van der Waals surface area contributed by atoms with Gasteiger partial charge >= 0.3 is 5.97 Å². The smallest absolute Gasteiger partial charge is 0.341 e. The molecule has 0 bridgehead atoms. The van der Waals surface area contributed by atoms with Crippen molar-refractivity contribution in [2.24, 2.45) is 5.41 Å². The molecule has 16 heavy (non-hydrogen) atoms. The highest BCUT2D eigenvalue weighted by Gasteiger charge is 2.45. The van der Waals surface area contributed by atoms with Gasteiger partial charge in [-0.15, -0.1) is 0 Å². The highest BCUT2D eigenvalue weighted by Crippen LogP contribution is 2.46. The van der Waals surface area contributed by atoms with Crippen LogP contribution in [0.15, 0.2) is 11.6 Å². The molecule has 5 heteroatoms. The molecule has 0 unspecified atom stereocenters. The average Bonchev–Trinajstić information content (AvgIpc) is 2.10. The molecule has 0 saturated carbocycles. The van der Waals surface area contributed by atoms with E-state index in [9.17, 15) is 9.59 Å². The third kappa shape index (κ3) is 2.94. The fraction of sp³-hybridized carbons (Fsp3) is 0.636. The van der Waals surface area contributed by atoms with Crippen LogP contribution in [0.2, 0.25) is 0 Å². The Morgan fingerprint density at radius 3 is 2.56 bits per heavy atom. The van der Waals surface area contributed by atoms with Gasteiger partial charge in [0.05, 0.1) is 6.61 Å². The Labute approximate surface area is 112 Å². The number of hydrogen-bond donors (Lipinski definition) is 0. The normalized spacial score (nSPS) is 22.6. The zero-order chi connectivity index (χ0) is 12.6. The second kappa shape index (κ2) is 4.61. The topological polar surface area (TPSA) is 43.4 Å². The summed E-state index contributed by atoms with van der Waals surface area (Å²) in [6.07, 6.45) is 2.27. The van der Waals surface area contributed by atoms with Crippen molar-refractivity contribution in [3.05, 3.63) is 11.6 Å². The lowest BCUT2D eigenvalue weighted by Gasteiger charge is -2.34. The number of allylic oxidation sites excluding steroid dienone is 1. The van der Waals surface area contributed by atoms with E-state index in [1.54, 1.807) is 13.0 Å². The zero-order valence-electron chi connectivity index (χ0n) is 9.47. The third-order valence-corrected chi connectivity index (χ3v) is 3.57. The van der Waals surface area contributed by atoms with Crippen molar-refractivity contribution in [1.29, 1.82) is 0 Å². The minimum Gasteiger partial charge on any atom is -0.462 e. The number of halogens is 2. The zero-order valence-corrected chi connectivity index (χ0v) is 12.6. The molecule has 1 aliphatic carbocycles. The molecule has 0 aromatic rings. The van der Waals surface area contributed by atoms with E-state index in [0.29, 0.717) is 6.42 Å². The molecule has 0 aliphatic heterocycles. The van der Waals surface area contributed by atoms with Crippen molar-refractivity contribution in [2.75, 3.05) is 6.61 Å². The lowest BCUT2D eigenvalue weighted by atomic mass is 9.79. The Morgan fingerprint density at radius 2 is 2.06 bits per heavy atom. The van der Waals surface area contributed by atoms with Crippen LogP contribution in [-0.2, 0) is 14.3 Å². The molecular formula is C11H14Br2O3. The molecule has 0 fully saturated rings. The molecule has 1 rings (SSSR count). The van der Waals surface area contributed by atoms with Crippen LogP contribution in [0.25, 0.3) is 0 Å². The highest BCUT2D eigenvalue weighted by molar-refractivity contribution is 9.26. The van der Waals surface area contributed by atoms with Gasteiger partial charge < -0.3 is 4.74 Å². The number of carbonyl (C=O) groups is 2. The molecule has 3 nitrogen and oxygen atoms in total. The molecule has 0 radical (unpaired) electrons. The quantitative estimate of drug-likeness (QED) is 0.435. The van der Waals surface area contributed by atoms with Crippen LogP contribution in [0, 0.1) is 5.41 Å². The number of hydrogen-bond acceptors (Lipinski definition) is 3. The number of rotatable bonds is 2.